The summed E-state index contributed by atoms with van der Waals surface area (Å²) in [6, 6.07) is 5.93. The minimum absolute atomic E-state index is 0.0104. The van der Waals surface area contributed by atoms with Crippen molar-refractivity contribution in [3.63, 3.8) is 0 Å². The van der Waals surface area contributed by atoms with Gasteiger partial charge in [0.1, 0.15) is 11.8 Å². The Morgan fingerprint density at radius 2 is 1.73 bits per heavy atom. The molecule has 2 N–H and O–H groups in total. The fraction of sp³-hybridized carbons (Fsp3) is 0.719. The smallest absolute Gasteiger partial charge is 0.258 e. The first-order valence-electron chi connectivity index (χ1n) is 16.2. The summed E-state index contributed by atoms with van der Waals surface area (Å²) < 4.78 is 45.8. The minimum Gasteiger partial charge on any atom is -0.493 e. The normalized spacial score (nSPS) is 31.1. The van der Waals surface area contributed by atoms with Crippen molar-refractivity contribution in [2.45, 2.75) is 94.0 Å². The monoisotopic (exact) mass is 618 g/mol. The molecule has 4 heterocycles. The van der Waals surface area contributed by atoms with E-state index in [0.717, 1.165) is 6.42 Å². The molecule has 1 saturated carbocycles. The molecule has 1 aromatic carbocycles. The van der Waals surface area contributed by atoms with Gasteiger partial charge in [-0.3, -0.25) is 19.3 Å². The van der Waals surface area contributed by atoms with Crippen molar-refractivity contribution in [2.75, 3.05) is 46.0 Å². The third-order valence-electron chi connectivity index (χ3n) is 10.0. The highest BCUT2D eigenvalue weighted by atomic mass is 19.3. The van der Waals surface area contributed by atoms with Gasteiger partial charge in [-0.05, 0) is 50.7 Å². The number of nitrogens with zero attached hydrogens (tertiary/aromatic N) is 2. The van der Waals surface area contributed by atoms with Crippen molar-refractivity contribution in [1.82, 2.24) is 20.4 Å². The molecule has 0 radical (unpaired) electrons. The molecule has 5 aliphatic rings. The van der Waals surface area contributed by atoms with Gasteiger partial charge in [0, 0.05) is 70.6 Å². The number of rotatable bonds is 3. The Morgan fingerprint density at radius 1 is 0.955 bits per heavy atom. The van der Waals surface area contributed by atoms with Gasteiger partial charge in [-0.1, -0.05) is 12.1 Å². The summed E-state index contributed by atoms with van der Waals surface area (Å²) >= 11 is 0. The minimum atomic E-state index is -2.64. The Hall–Kier alpha value is -2.83. The lowest BCUT2D eigenvalue weighted by atomic mass is 9.90. The van der Waals surface area contributed by atoms with Gasteiger partial charge >= 0.3 is 0 Å². The van der Waals surface area contributed by atoms with E-state index in [0.29, 0.717) is 82.7 Å². The first-order chi connectivity index (χ1) is 21.3. The van der Waals surface area contributed by atoms with Crippen LogP contribution in [0.5, 0.6) is 5.75 Å². The zero-order valence-electron chi connectivity index (χ0n) is 25.2. The van der Waals surface area contributed by atoms with Gasteiger partial charge in [-0.2, -0.15) is 0 Å². The van der Waals surface area contributed by atoms with E-state index >= 15 is 0 Å². The van der Waals surface area contributed by atoms with Crippen LogP contribution in [0.4, 0.5) is 8.78 Å². The second kappa shape index (κ2) is 13.7. The maximum atomic E-state index is 13.9. The molecule has 0 spiro atoms. The molecule has 4 fully saturated rings. The van der Waals surface area contributed by atoms with Gasteiger partial charge in [-0.25, -0.2) is 8.78 Å². The maximum absolute atomic E-state index is 13.9. The average molecular weight is 619 g/mol. The number of carbonyl (C=O) groups excluding carboxylic acids is 3. The second-order valence-electron chi connectivity index (χ2n) is 12.9. The van der Waals surface area contributed by atoms with Crippen LogP contribution in [0, 0.1) is 5.92 Å². The number of benzene rings is 1. The van der Waals surface area contributed by atoms with Crippen LogP contribution in [0.3, 0.4) is 0 Å². The highest BCUT2D eigenvalue weighted by Crippen LogP contribution is 2.36. The summed E-state index contributed by atoms with van der Waals surface area (Å²) in [6.07, 6.45) is 3.24. The van der Waals surface area contributed by atoms with E-state index in [-0.39, 0.29) is 67.8 Å². The lowest BCUT2D eigenvalue weighted by Crippen LogP contribution is -2.63. The number of nitrogens with one attached hydrogen (secondary N) is 2. The first-order valence-corrected chi connectivity index (χ1v) is 16.2. The molecule has 12 heteroatoms. The van der Waals surface area contributed by atoms with Gasteiger partial charge in [0.05, 0.1) is 30.4 Å². The standard InChI is InChI=1S/C32H44F2N4O6/c33-32(34)12-7-22(8-13-32)37-14-15-38-26(20-37)30(40)35-19-28-25(36-29(39)21-9-16-42-17-10-21)6-5-23(44-28)11-18-43-27-4-2-1-3-24(27)31(38)41/h1-4,21-23,25-26,28H,5-20H2,(H,35,40)(H,36,39)/t23-,25+,26-,28+/m0/s1. The Morgan fingerprint density at radius 3 is 2.52 bits per heavy atom. The van der Waals surface area contributed by atoms with Crippen molar-refractivity contribution in [3.05, 3.63) is 29.8 Å². The number of hydrogen-bond donors (Lipinski definition) is 2. The number of alkyl halides is 2. The van der Waals surface area contributed by atoms with Crippen LogP contribution in [-0.2, 0) is 19.1 Å². The molecule has 10 nitrogen and oxygen atoms in total. The van der Waals surface area contributed by atoms with Crippen LogP contribution in [0.1, 0.15) is 68.1 Å². The highest BCUT2D eigenvalue weighted by Gasteiger charge is 2.43. The van der Waals surface area contributed by atoms with Crippen LogP contribution in [0.25, 0.3) is 0 Å². The van der Waals surface area contributed by atoms with E-state index in [1.807, 2.05) is 6.07 Å². The van der Waals surface area contributed by atoms with Crippen LogP contribution >= 0.6 is 0 Å². The zero-order chi connectivity index (χ0) is 30.7. The second-order valence-corrected chi connectivity index (χ2v) is 12.9. The molecule has 1 aliphatic carbocycles. The van der Waals surface area contributed by atoms with E-state index in [4.69, 9.17) is 14.2 Å². The van der Waals surface area contributed by atoms with Crippen LogP contribution in [0.2, 0.25) is 0 Å². The number of ether oxygens (including phenoxy) is 3. The Balaban J connectivity index is 1.21. The number of amides is 3. The summed E-state index contributed by atoms with van der Waals surface area (Å²) in [5, 5.41) is 6.24. The van der Waals surface area contributed by atoms with Crippen LogP contribution in [-0.4, -0.2) is 110 Å². The van der Waals surface area contributed by atoms with E-state index in [1.165, 1.54) is 0 Å². The molecule has 4 atom stereocenters. The van der Waals surface area contributed by atoms with Crippen molar-refractivity contribution >= 4 is 17.7 Å². The molecular formula is C32H44F2N4O6. The number of piperazine rings is 1. The number of hydrogen-bond acceptors (Lipinski definition) is 7. The van der Waals surface area contributed by atoms with E-state index in [9.17, 15) is 23.2 Å². The number of halogens is 2. The molecule has 3 saturated heterocycles. The molecule has 1 aromatic rings. The summed E-state index contributed by atoms with van der Waals surface area (Å²) in [5.41, 5.74) is 0.395. The Kier molecular flexibility index (Phi) is 9.68. The summed E-state index contributed by atoms with van der Waals surface area (Å²) in [7, 11) is 0. The van der Waals surface area contributed by atoms with Crippen molar-refractivity contribution in [3.8, 4) is 5.75 Å². The van der Waals surface area contributed by atoms with Gasteiger partial charge in [0.15, 0.2) is 0 Å². The third-order valence-corrected chi connectivity index (χ3v) is 10.0. The Labute approximate surface area is 257 Å². The molecule has 6 rings (SSSR count). The fourth-order valence-electron chi connectivity index (χ4n) is 7.33. The lowest BCUT2D eigenvalue weighted by Gasteiger charge is -2.45. The number of para-hydroxylation sites is 1. The molecule has 2 bridgehead atoms. The fourth-order valence-corrected chi connectivity index (χ4v) is 7.33. The molecule has 242 valence electrons. The first kappa shape index (κ1) is 31.2. The van der Waals surface area contributed by atoms with Gasteiger partial charge in [0.25, 0.3) is 5.91 Å². The summed E-state index contributed by atoms with van der Waals surface area (Å²) in [6.45, 7) is 2.74. The number of carbonyl (C=O) groups is 3. The predicted octanol–water partition coefficient (Wildman–Crippen LogP) is 2.75. The van der Waals surface area contributed by atoms with Crippen molar-refractivity contribution in [1.29, 1.82) is 0 Å². The Bertz CT molecular complexity index is 1190. The summed E-state index contributed by atoms with van der Waals surface area (Å²) in [4.78, 5) is 44.6. The largest absolute Gasteiger partial charge is 0.493 e. The zero-order valence-corrected chi connectivity index (χ0v) is 25.2. The van der Waals surface area contributed by atoms with Crippen LogP contribution < -0.4 is 15.4 Å². The van der Waals surface area contributed by atoms with E-state index in [2.05, 4.69) is 15.5 Å². The molecule has 4 aliphatic heterocycles. The average Bonchev–Trinajstić information content (AvgIpc) is 3.04. The van der Waals surface area contributed by atoms with Crippen LogP contribution in [0.15, 0.2) is 24.3 Å². The molecular weight excluding hydrogens is 574 g/mol. The molecule has 3 amide bonds. The van der Waals surface area contributed by atoms with E-state index < -0.39 is 18.1 Å². The van der Waals surface area contributed by atoms with Crippen molar-refractivity contribution < 1.29 is 37.4 Å². The summed E-state index contributed by atoms with van der Waals surface area (Å²) in [5.74, 6) is -2.90. The maximum Gasteiger partial charge on any atom is 0.258 e. The molecule has 0 aromatic heterocycles. The number of fused-ring (bicyclic) bond motifs is 4. The quantitative estimate of drug-likeness (QED) is 0.537. The highest BCUT2D eigenvalue weighted by molar-refractivity contribution is 6.00. The van der Waals surface area contributed by atoms with Gasteiger partial charge < -0.3 is 29.7 Å². The lowest BCUT2D eigenvalue weighted by molar-refractivity contribution is -0.134. The predicted molar refractivity (Wildman–Crippen MR) is 157 cm³/mol. The van der Waals surface area contributed by atoms with Gasteiger partial charge in [-0.15, -0.1) is 0 Å². The van der Waals surface area contributed by atoms with E-state index in [1.54, 1.807) is 23.1 Å². The topological polar surface area (TPSA) is 109 Å². The van der Waals surface area contributed by atoms with Crippen molar-refractivity contribution in [2.24, 2.45) is 5.92 Å². The molecule has 0 unspecified atom stereocenters. The van der Waals surface area contributed by atoms with Gasteiger partial charge in [0.2, 0.25) is 17.7 Å². The third kappa shape index (κ3) is 7.18. The SMILES string of the molecule is O=C(N[C@@H]1CC[C@H]2CCOc3ccccc3C(=O)N3CCN(C4CCC(F)(F)CC4)C[C@H]3C(=O)NC[C@H]1O2)C1CCOCC1. The molecule has 44 heavy (non-hydrogen) atoms.